The molecule has 0 unspecified atom stereocenters. The van der Waals surface area contributed by atoms with E-state index in [0.717, 1.165) is 11.4 Å². The largest absolute Gasteiger partial charge is 0.324 e. The van der Waals surface area contributed by atoms with Gasteiger partial charge in [0.1, 0.15) is 11.8 Å². The fraction of sp³-hybridized carbons (Fsp3) is 0.154. The molecule has 4 heteroatoms. The van der Waals surface area contributed by atoms with Crippen LogP contribution in [0.1, 0.15) is 17.0 Å². The highest BCUT2D eigenvalue weighted by molar-refractivity contribution is 5.54. The van der Waals surface area contributed by atoms with Crippen molar-refractivity contribution in [3.05, 3.63) is 47.3 Å². The molecule has 0 atom stereocenters. The van der Waals surface area contributed by atoms with Gasteiger partial charge >= 0.3 is 0 Å². The van der Waals surface area contributed by atoms with Gasteiger partial charge < -0.3 is 5.32 Å². The number of hydrogen-bond donors (Lipinski definition) is 1. The fourth-order valence-corrected chi connectivity index (χ4v) is 1.45. The van der Waals surface area contributed by atoms with Gasteiger partial charge in [0.2, 0.25) is 5.95 Å². The van der Waals surface area contributed by atoms with Crippen LogP contribution in [0.25, 0.3) is 0 Å². The summed E-state index contributed by atoms with van der Waals surface area (Å²) in [5.41, 5.74) is 3.24. The second kappa shape index (κ2) is 4.62. The number of hydrogen-bond acceptors (Lipinski definition) is 4. The lowest BCUT2D eigenvalue weighted by Gasteiger charge is -2.05. The van der Waals surface area contributed by atoms with Crippen molar-refractivity contribution in [2.45, 2.75) is 13.8 Å². The zero-order valence-corrected chi connectivity index (χ0v) is 9.73. The Morgan fingerprint density at radius 2 is 1.82 bits per heavy atom. The van der Waals surface area contributed by atoms with E-state index in [2.05, 4.69) is 15.3 Å². The maximum absolute atomic E-state index is 8.82. The first-order valence-electron chi connectivity index (χ1n) is 5.27. The SMILES string of the molecule is Cc1ccc(Nc2nc(C)cc(C#N)n2)cc1. The summed E-state index contributed by atoms with van der Waals surface area (Å²) in [7, 11) is 0. The molecule has 1 N–H and O–H groups in total. The summed E-state index contributed by atoms with van der Waals surface area (Å²) >= 11 is 0. The Morgan fingerprint density at radius 1 is 1.12 bits per heavy atom. The van der Waals surface area contributed by atoms with Crippen LogP contribution >= 0.6 is 0 Å². The van der Waals surface area contributed by atoms with Crippen LogP contribution in [0, 0.1) is 25.2 Å². The molecule has 17 heavy (non-hydrogen) atoms. The molecule has 0 aliphatic rings. The minimum Gasteiger partial charge on any atom is -0.324 e. The van der Waals surface area contributed by atoms with E-state index in [0.29, 0.717) is 11.6 Å². The van der Waals surface area contributed by atoms with E-state index < -0.39 is 0 Å². The zero-order valence-electron chi connectivity index (χ0n) is 9.73. The normalized spacial score (nSPS) is 9.71. The summed E-state index contributed by atoms with van der Waals surface area (Å²) in [6, 6.07) is 11.6. The Morgan fingerprint density at radius 3 is 2.47 bits per heavy atom. The third-order valence-electron chi connectivity index (χ3n) is 2.28. The van der Waals surface area contributed by atoms with Gasteiger partial charge in [-0.05, 0) is 32.0 Å². The third kappa shape index (κ3) is 2.79. The second-order valence-electron chi connectivity index (χ2n) is 3.82. The average Bonchev–Trinajstić information content (AvgIpc) is 2.31. The van der Waals surface area contributed by atoms with Gasteiger partial charge in [-0.2, -0.15) is 5.26 Å². The molecule has 4 nitrogen and oxygen atoms in total. The van der Waals surface area contributed by atoms with Crippen LogP contribution in [-0.2, 0) is 0 Å². The van der Waals surface area contributed by atoms with E-state index in [-0.39, 0.29) is 0 Å². The minimum atomic E-state index is 0.368. The summed E-state index contributed by atoms with van der Waals surface area (Å²) in [6.45, 7) is 3.86. The Labute approximate surface area is 100.0 Å². The van der Waals surface area contributed by atoms with E-state index in [1.165, 1.54) is 5.56 Å². The van der Waals surface area contributed by atoms with Crippen LogP contribution in [0.15, 0.2) is 30.3 Å². The third-order valence-corrected chi connectivity index (χ3v) is 2.28. The van der Waals surface area contributed by atoms with Crippen molar-refractivity contribution in [2.24, 2.45) is 0 Å². The molecule has 0 aliphatic carbocycles. The van der Waals surface area contributed by atoms with Crippen molar-refractivity contribution < 1.29 is 0 Å². The van der Waals surface area contributed by atoms with Crippen molar-refractivity contribution in [2.75, 3.05) is 5.32 Å². The predicted octanol–water partition coefficient (Wildman–Crippen LogP) is 2.71. The van der Waals surface area contributed by atoms with Crippen LogP contribution in [0.4, 0.5) is 11.6 Å². The number of anilines is 2. The molecule has 0 saturated heterocycles. The van der Waals surface area contributed by atoms with Crippen LogP contribution in [0.2, 0.25) is 0 Å². The molecule has 0 saturated carbocycles. The van der Waals surface area contributed by atoms with Crippen molar-refractivity contribution in [1.82, 2.24) is 9.97 Å². The Hall–Kier alpha value is -2.41. The highest BCUT2D eigenvalue weighted by Crippen LogP contribution is 2.14. The lowest BCUT2D eigenvalue weighted by molar-refractivity contribution is 1.09. The van der Waals surface area contributed by atoms with Gasteiger partial charge in [0, 0.05) is 11.4 Å². The van der Waals surface area contributed by atoms with Gasteiger partial charge in [-0.25, -0.2) is 9.97 Å². The zero-order chi connectivity index (χ0) is 12.3. The molecule has 0 spiro atoms. The lowest BCUT2D eigenvalue weighted by atomic mass is 10.2. The molecule has 0 bridgehead atoms. The highest BCUT2D eigenvalue weighted by Gasteiger charge is 2.01. The topological polar surface area (TPSA) is 61.6 Å². The average molecular weight is 224 g/mol. The number of rotatable bonds is 2. The molecule has 0 aliphatic heterocycles. The first-order chi connectivity index (χ1) is 8.17. The van der Waals surface area contributed by atoms with Gasteiger partial charge in [-0.15, -0.1) is 0 Å². The first kappa shape index (κ1) is 11.1. The maximum atomic E-state index is 8.82. The fourth-order valence-electron chi connectivity index (χ4n) is 1.45. The molecule has 1 heterocycles. The van der Waals surface area contributed by atoms with Crippen molar-refractivity contribution in [3.63, 3.8) is 0 Å². The van der Waals surface area contributed by atoms with Gasteiger partial charge in [0.05, 0.1) is 0 Å². The quantitative estimate of drug-likeness (QED) is 0.851. The molecule has 0 fully saturated rings. The van der Waals surface area contributed by atoms with Crippen LogP contribution in [0.5, 0.6) is 0 Å². The maximum Gasteiger partial charge on any atom is 0.228 e. The standard InChI is InChI=1S/C13H12N4/c1-9-3-5-11(6-4-9)16-13-15-10(2)7-12(8-14)17-13/h3-7H,1-2H3,(H,15,16,17). The van der Waals surface area contributed by atoms with E-state index in [4.69, 9.17) is 5.26 Å². The summed E-state index contributed by atoms with van der Waals surface area (Å²) in [5.74, 6) is 0.449. The molecular formula is C13H12N4. The van der Waals surface area contributed by atoms with Gasteiger partial charge in [0.25, 0.3) is 0 Å². The van der Waals surface area contributed by atoms with Gasteiger partial charge in [0.15, 0.2) is 0 Å². The minimum absolute atomic E-state index is 0.368. The van der Waals surface area contributed by atoms with Crippen molar-refractivity contribution in [1.29, 1.82) is 5.26 Å². The molecule has 2 aromatic rings. The van der Waals surface area contributed by atoms with Crippen molar-refractivity contribution >= 4 is 11.6 Å². The number of nitrogens with one attached hydrogen (secondary N) is 1. The molecule has 1 aromatic carbocycles. The smallest absolute Gasteiger partial charge is 0.228 e. The molecular weight excluding hydrogens is 212 g/mol. The van der Waals surface area contributed by atoms with Crippen LogP contribution in [-0.4, -0.2) is 9.97 Å². The molecule has 1 aromatic heterocycles. The van der Waals surface area contributed by atoms with E-state index in [1.807, 2.05) is 44.2 Å². The number of aromatic nitrogens is 2. The molecule has 84 valence electrons. The highest BCUT2D eigenvalue weighted by atomic mass is 15.1. The monoisotopic (exact) mass is 224 g/mol. The van der Waals surface area contributed by atoms with E-state index in [9.17, 15) is 0 Å². The number of aryl methyl sites for hydroxylation is 2. The predicted molar refractivity (Wildman–Crippen MR) is 65.9 cm³/mol. The number of benzene rings is 1. The molecule has 0 amide bonds. The Bertz CT molecular complexity index is 567. The van der Waals surface area contributed by atoms with Gasteiger partial charge in [-0.3, -0.25) is 0 Å². The molecule has 2 rings (SSSR count). The second-order valence-corrected chi connectivity index (χ2v) is 3.82. The summed E-state index contributed by atoms with van der Waals surface area (Å²) in [6.07, 6.45) is 0. The Kier molecular flexibility index (Phi) is 3.01. The van der Waals surface area contributed by atoms with Crippen LogP contribution in [0.3, 0.4) is 0 Å². The summed E-state index contributed by atoms with van der Waals surface area (Å²) in [4.78, 5) is 8.31. The van der Waals surface area contributed by atoms with Crippen molar-refractivity contribution in [3.8, 4) is 6.07 Å². The first-order valence-corrected chi connectivity index (χ1v) is 5.27. The number of nitriles is 1. The molecule has 0 radical (unpaired) electrons. The van der Waals surface area contributed by atoms with Crippen LogP contribution < -0.4 is 5.32 Å². The summed E-state index contributed by atoms with van der Waals surface area (Å²) < 4.78 is 0. The van der Waals surface area contributed by atoms with Gasteiger partial charge in [-0.1, -0.05) is 17.7 Å². The van der Waals surface area contributed by atoms with E-state index >= 15 is 0 Å². The Balaban J connectivity index is 2.27. The van der Waals surface area contributed by atoms with E-state index in [1.54, 1.807) is 6.07 Å². The summed E-state index contributed by atoms with van der Waals surface area (Å²) in [5, 5.41) is 11.9. The lowest BCUT2D eigenvalue weighted by Crippen LogP contribution is -2.00. The number of nitrogens with zero attached hydrogens (tertiary/aromatic N) is 3.